The third-order valence-corrected chi connectivity index (χ3v) is 5.39. The van der Waals surface area contributed by atoms with E-state index in [1.54, 1.807) is 12.1 Å². The van der Waals surface area contributed by atoms with E-state index in [0.717, 1.165) is 5.56 Å². The third kappa shape index (κ3) is 7.26. The van der Waals surface area contributed by atoms with Gasteiger partial charge in [-0.3, -0.25) is 4.55 Å². The highest BCUT2D eigenvalue weighted by Gasteiger charge is 2.07. The molecule has 4 nitrogen and oxygen atoms in total. The quantitative estimate of drug-likeness (QED) is 0.541. The van der Waals surface area contributed by atoms with Crippen LogP contribution in [0.15, 0.2) is 83.8 Å². The summed E-state index contributed by atoms with van der Waals surface area (Å²) in [4.78, 5) is -0.0666. The lowest BCUT2D eigenvalue weighted by molar-refractivity contribution is 0.303. The summed E-state index contributed by atoms with van der Waals surface area (Å²) in [6.45, 7) is 6.20. The number of aliphatic hydroxyl groups is 1. The van der Waals surface area contributed by atoms with Gasteiger partial charge in [0.1, 0.15) is 0 Å². The largest absolute Gasteiger partial charge is 0.396 e. The monoisotopic (exact) mass is 424 g/mol. The van der Waals surface area contributed by atoms with Crippen LogP contribution in [-0.4, -0.2) is 24.7 Å². The summed E-state index contributed by atoms with van der Waals surface area (Å²) >= 11 is 0. The van der Waals surface area contributed by atoms with Gasteiger partial charge in [0.25, 0.3) is 10.1 Å². The van der Waals surface area contributed by atoms with Crippen LogP contribution >= 0.6 is 0 Å². The predicted octanol–water partition coefficient (Wildman–Crippen LogP) is 5.36. The molecule has 0 amide bonds. The lowest BCUT2D eigenvalue weighted by atomic mass is 9.95. The van der Waals surface area contributed by atoms with Crippen molar-refractivity contribution in [2.24, 2.45) is 0 Å². The molecule has 0 aliphatic rings. The standard InChI is InChI=1S/C18H20O.C7H8O3S/c1-14-5-9-16(10-6-14)18(4-3-13-19)17-11-7-15(2)8-12-17;1-6-2-4-7(5-3-6)11(8,9)10/h4-12,19H,3,13H2,1-2H3;2-5H,1H3,(H,8,9,10). The van der Waals surface area contributed by atoms with Gasteiger partial charge in [-0.15, -0.1) is 0 Å². The van der Waals surface area contributed by atoms with Crippen molar-refractivity contribution in [2.45, 2.75) is 32.1 Å². The van der Waals surface area contributed by atoms with Crippen molar-refractivity contribution < 1.29 is 18.1 Å². The Labute approximate surface area is 179 Å². The maximum Gasteiger partial charge on any atom is 0.294 e. The minimum atomic E-state index is -4.02. The molecule has 0 radical (unpaired) electrons. The Morgan fingerprint density at radius 2 is 1.10 bits per heavy atom. The van der Waals surface area contributed by atoms with Gasteiger partial charge in [-0.1, -0.05) is 83.4 Å². The van der Waals surface area contributed by atoms with Gasteiger partial charge in [0.2, 0.25) is 0 Å². The van der Waals surface area contributed by atoms with Gasteiger partial charge in [0.05, 0.1) is 4.90 Å². The van der Waals surface area contributed by atoms with Gasteiger partial charge >= 0.3 is 0 Å². The SMILES string of the molecule is Cc1ccc(C(=CCCO)c2ccc(C)cc2)cc1.Cc1ccc(S(=O)(=O)O)cc1. The van der Waals surface area contributed by atoms with Gasteiger partial charge in [-0.25, -0.2) is 0 Å². The maximum absolute atomic E-state index is 10.5. The molecule has 0 atom stereocenters. The number of aryl methyl sites for hydroxylation is 3. The zero-order valence-corrected chi connectivity index (χ0v) is 18.4. The lowest BCUT2D eigenvalue weighted by Crippen LogP contribution is -1.96. The minimum Gasteiger partial charge on any atom is -0.396 e. The summed E-state index contributed by atoms with van der Waals surface area (Å²) in [5.74, 6) is 0. The van der Waals surface area contributed by atoms with Crippen LogP contribution in [0.1, 0.15) is 34.2 Å². The molecule has 158 valence electrons. The number of benzene rings is 3. The molecule has 0 unspecified atom stereocenters. The van der Waals surface area contributed by atoms with E-state index in [1.165, 1.54) is 40.0 Å². The molecule has 30 heavy (non-hydrogen) atoms. The van der Waals surface area contributed by atoms with E-state index < -0.39 is 10.1 Å². The van der Waals surface area contributed by atoms with E-state index in [0.29, 0.717) is 6.42 Å². The molecule has 0 bridgehead atoms. The first-order valence-electron chi connectivity index (χ1n) is 9.70. The average molecular weight is 425 g/mol. The Morgan fingerprint density at radius 1 is 0.733 bits per heavy atom. The summed E-state index contributed by atoms with van der Waals surface area (Å²) in [5.41, 5.74) is 7.06. The molecule has 5 heteroatoms. The van der Waals surface area contributed by atoms with Crippen LogP contribution < -0.4 is 0 Å². The first kappa shape index (κ1) is 23.5. The van der Waals surface area contributed by atoms with Crippen molar-refractivity contribution >= 4 is 15.7 Å². The van der Waals surface area contributed by atoms with Gasteiger partial charge in [-0.05, 0) is 56.0 Å². The second-order valence-electron chi connectivity index (χ2n) is 7.15. The number of hydrogen-bond acceptors (Lipinski definition) is 3. The van der Waals surface area contributed by atoms with Crippen LogP contribution in [0.2, 0.25) is 0 Å². The minimum absolute atomic E-state index is 0.0666. The molecule has 0 aliphatic heterocycles. The molecule has 0 aromatic heterocycles. The molecular weight excluding hydrogens is 396 g/mol. The fourth-order valence-corrected chi connectivity index (χ4v) is 3.27. The average Bonchev–Trinajstić information content (AvgIpc) is 2.71. The Balaban J connectivity index is 0.000000248. The highest BCUT2D eigenvalue weighted by atomic mass is 32.2. The smallest absolute Gasteiger partial charge is 0.294 e. The summed E-state index contributed by atoms with van der Waals surface area (Å²) in [6, 6.07) is 23.0. The normalized spacial score (nSPS) is 10.7. The van der Waals surface area contributed by atoms with Gasteiger partial charge in [0, 0.05) is 6.61 Å². The number of rotatable bonds is 5. The zero-order valence-electron chi connectivity index (χ0n) is 17.5. The van der Waals surface area contributed by atoms with Crippen molar-refractivity contribution in [3.8, 4) is 0 Å². The lowest BCUT2D eigenvalue weighted by Gasteiger charge is -2.09. The second kappa shape index (κ2) is 10.9. The molecule has 0 fully saturated rings. The fraction of sp³-hybridized carbons (Fsp3) is 0.200. The maximum atomic E-state index is 10.5. The van der Waals surface area contributed by atoms with Crippen molar-refractivity contribution in [1.82, 2.24) is 0 Å². The molecule has 0 heterocycles. The Kier molecular flexibility index (Phi) is 8.54. The van der Waals surface area contributed by atoms with Crippen molar-refractivity contribution in [1.29, 1.82) is 0 Å². The van der Waals surface area contributed by atoms with Crippen LogP contribution in [-0.2, 0) is 10.1 Å². The van der Waals surface area contributed by atoms with Crippen molar-refractivity contribution in [2.75, 3.05) is 6.61 Å². The molecule has 0 saturated carbocycles. The summed E-state index contributed by atoms with van der Waals surface area (Å²) < 4.78 is 29.6. The topological polar surface area (TPSA) is 74.6 Å². The molecule has 0 spiro atoms. The first-order chi connectivity index (χ1) is 14.2. The summed E-state index contributed by atoms with van der Waals surface area (Å²) in [6.07, 6.45) is 2.78. The van der Waals surface area contributed by atoms with Gasteiger partial charge in [-0.2, -0.15) is 8.42 Å². The third-order valence-electron chi connectivity index (χ3n) is 4.52. The fourth-order valence-electron chi connectivity index (χ4n) is 2.79. The number of aliphatic hydroxyl groups excluding tert-OH is 1. The van der Waals surface area contributed by atoms with Crippen LogP contribution in [0.5, 0.6) is 0 Å². The molecule has 3 rings (SSSR count). The van der Waals surface area contributed by atoms with E-state index in [1.807, 2.05) is 6.92 Å². The van der Waals surface area contributed by atoms with E-state index in [2.05, 4.69) is 68.5 Å². The van der Waals surface area contributed by atoms with E-state index >= 15 is 0 Å². The Hall–Kier alpha value is -2.73. The molecule has 3 aromatic rings. The first-order valence-corrected chi connectivity index (χ1v) is 11.1. The van der Waals surface area contributed by atoms with E-state index in [4.69, 9.17) is 9.66 Å². The van der Waals surface area contributed by atoms with E-state index in [-0.39, 0.29) is 11.5 Å². The van der Waals surface area contributed by atoms with Crippen LogP contribution in [0.25, 0.3) is 5.57 Å². The summed E-state index contributed by atoms with van der Waals surface area (Å²) in [5, 5.41) is 9.05. The van der Waals surface area contributed by atoms with Gasteiger partial charge in [0.15, 0.2) is 0 Å². The molecule has 2 N–H and O–H groups in total. The molecule has 0 saturated heterocycles. The zero-order chi connectivity index (χ0) is 22.1. The second-order valence-corrected chi connectivity index (χ2v) is 8.57. The highest BCUT2D eigenvalue weighted by Crippen LogP contribution is 2.24. The number of hydrogen-bond donors (Lipinski definition) is 2. The van der Waals surface area contributed by atoms with E-state index in [9.17, 15) is 8.42 Å². The van der Waals surface area contributed by atoms with Crippen molar-refractivity contribution in [3.63, 3.8) is 0 Å². The molecular formula is C25H28O4S. The van der Waals surface area contributed by atoms with Crippen LogP contribution in [0, 0.1) is 20.8 Å². The van der Waals surface area contributed by atoms with Crippen LogP contribution in [0.3, 0.4) is 0 Å². The van der Waals surface area contributed by atoms with Gasteiger partial charge < -0.3 is 5.11 Å². The highest BCUT2D eigenvalue weighted by molar-refractivity contribution is 7.85. The Morgan fingerprint density at radius 3 is 1.43 bits per heavy atom. The van der Waals surface area contributed by atoms with Crippen LogP contribution in [0.4, 0.5) is 0 Å². The molecule has 3 aromatic carbocycles. The van der Waals surface area contributed by atoms with Crippen molar-refractivity contribution in [3.05, 3.63) is 107 Å². The predicted molar refractivity (Wildman–Crippen MR) is 122 cm³/mol. The summed E-state index contributed by atoms with van der Waals surface area (Å²) in [7, 11) is -4.02. The Bertz CT molecular complexity index is 1020. The molecule has 0 aliphatic carbocycles.